The van der Waals surface area contributed by atoms with Gasteiger partial charge in [0, 0.05) is 12.6 Å². The molecule has 1 aromatic heterocycles. The molecule has 0 saturated heterocycles. The van der Waals surface area contributed by atoms with E-state index in [1.165, 1.54) is 25.7 Å². The largest absolute Gasteiger partial charge is 0.382 e. The maximum atomic E-state index is 5.93. The summed E-state index contributed by atoms with van der Waals surface area (Å²) in [5.41, 5.74) is 1.22. The first kappa shape index (κ1) is 11.9. The lowest BCUT2D eigenvalue weighted by Crippen LogP contribution is -2.35. The standard InChI is InChI=1S/C11H15Cl2N3/c1-2-11(4-3-5-11)7-14-8-6-9(12)15-16-10(8)13/h6H,2-5,7H2,1H3,(H,14,15). The summed E-state index contributed by atoms with van der Waals surface area (Å²) < 4.78 is 0. The van der Waals surface area contributed by atoms with E-state index >= 15 is 0 Å². The molecule has 1 aliphatic rings. The summed E-state index contributed by atoms with van der Waals surface area (Å²) in [6.07, 6.45) is 5.11. The fourth-order valence-electron chi connectivity index (χ4n) is 2.09. The Bertz CT molecular complexity index is 372. The highest BCUT2D eigenvalue weighted by Crippen LogP contribution is 2.43. The van der Waals surface area contributed by atoms with E-state index in [1.54, 1.807) is 6.07 Å². The second-order valence-electron chi connectivity index (χ2n) is 4.43. The smallest absolute Gasteiger partial charge is 0.174 e. The van der Waals surface area contributed by atoms with Crippen molar-refractivity contribution in [3.63, 3.8) is 0 Å². The van der Waals surface area contributed by atoms with Gasteiger partial charge < -0.3 is 5.32 Å². The van der Waals surface area contributed by atoms with Gasteiger partial charge in [-0.1, -0.05) is 36.5 Å². The van der Waals surface area contributed by atoms with Crippen LogP contribution in [-0.2, 0) is 0 Å². The molecule has 1 fully saturated rings. The molecule has 3 nitrogen and oxygen atoms in total. The van der Waals surface area contributed by atoms with Crippen molar-refractivity contribution in [2.75, 3.05) is 11.9 Å². The first-order valence-electron chi connectivity index (χ1n) is 5.58. The Morgan fingerprint density at radius 2 is 2.12 bits per heavy atom. The lowest BCUT2D eigenvalue weighted by Gasteiger charge is -2.41. The van der Waals surface area contributed by atoms with Gasteiger partial charge in [0.15, 0.2) is 10.3 Å². The van der Waals surface area contributed by atoms with Gasteiger partial charge in [-0.3, -0.25) is 0 Å². The van der Waals surface area contributed by atoms with E-state index in [2.05, 4.69) is 22.4 Å². The van der Waals surface area contributed by atoms with Crippen LogP contribution in [0.25, 0.3) is 0 Å². The lowest BCUT2D eigenvalue weighted by molar-refractivity contribution is 0.145. The van der Waals surface area contributed by atoms with Crippen LogP contribution in [0.1, 0.15) is 32.6 Å². The summed E-state index contributed by atoms with van der Waals surface area (Å²) in [4.78, 5) is 0. The minimum absolute atomic E-state index is 0.367. The maximum Gasteiger partial charge on any atom is 0.174 e. The second kappa shape index (κ2) is 4.76. The van der Waals surface area contributed by atoms with Crippen LogP contribution in [0, 0.1) is 5.41 Å². The van der Waals surface area contributed by atoms with Crippen LogP contribution in [0.15, 0.2) is 6.07 Å². The average molecular weight is 260 g/mol. The van der Waals surface area contributed by atoms with Gasteiger partial charge in [0.1, 0.15) is 0 Å². The Morgan fingerprint density at radius 1 is 1.38 bits per heavy atom. The molecular weight excluding hydrogens is 245 g/mol. The van der Waals surface area contributed by atoms with E-state index in [1.807, 2.05) is 0 Å². The topological polar surface area (TPSA) is 37.8 Å². The van der Waals surface area contributed by atoms with Crippen LogP contribution in [-0.4, -0.2) is 16.7 Å². The number of nitrogens with one attached hydrogen (secondary N) is 1. The van der Waals surface area contributed by atoms with Crippen molar-refractivity contribution >= 4 is 28.9 Å². The molecule has 0 unspecified atom stereocenters. The molecular formula is C11H15Cl2N3. The molecule has 0 aliphatic heterocycles. The summed E-state index contributed by atoms with van der Waals surface area (Å²) in [6.45, 7) is 3.17. The van der Waals surface area contributed by atoms with Crippen molar-refractivity contribution in [3.05, 3.63) is 16.4 Å². The van der Waals surface area contributed by atoms with Gasteiger partial charge in [-0.05, 0) is 24.7 Å². The number of halogens is 2. The van der Waals surface area contributed by atoms with Crippen LogP contribution < -0.4 is 5.32 Å². The molecule has 2 rings (SSSR count). The zero-order valence-electron chi connectivity index (χ0n) is 9.26. The fraction of sp³-hybridized carbons (Fsp3) is 0.636. The van der Waals surface area contributed by atoms with E-state index in [0.717, 1.165) is 12.2 Å². The molecule has 0 bridgehead atoms. The molecule has 1 N–H and O–H groups in total. The van der Waals surface area contributed by atoms with Gasteiger partial charge in [-0.15, -0.1) is 10.2 Å². The summed E-state index contributed by atoms with van der Waals surface area (Å²) in [6, 6.07) is 1.72. The molecule has 16 heavy (non-hydrogen) atoms. The van der Waals surface area contributed by atoms with E-state index in [4.69, 9.17) is 23.2 Å². The zero-order chi connectivity index (χ0) is 11.6. The number of hydrogen-bond donors (Lipinski definition) is 1. The highest BCUT2D eigenvalue weighted by molar-refractivity contribution is 6.33. The Morgan fingerprint density at radius 3 is 2.69 bits per heavy atom. The third kappa shape index (κ3) is 2.41. The van der Waals surface area contributed by atoms with Crippen molar-refractivity contribution in [2.24, 2.45) is 5.41 Å². The number of hydrogen-bond acceptors (Lipinski definition) is 3. The Labute approximate surface area is 106 Å². The number of rotatable bonds is 4. The zero-order valence-corrected chi connectivity index (χ0v) is 10.8. The quantitative estimate of drug-likeness (QED) is 0.895. The third-order valence-electron chi connectivity index (χ3n) is 3.54. The molecule has 1 saturated carbocycles. The van der Waals surface area contributed by atoms with E-state index in [-0.39, 0.29) is 0 Å². The van der Waals surface area contributed by atoms with Gasteiger partial charge >= 0.3 is 0 Å². The van der Waals surface area contributed by atoms with Crippen molar-refractivity contribution in [1.82, 2.24) is 10.2 Å². The fourth-order valence-corrected chi connectivity index (χ4v) is 2.40. The van der Waals surface area contributed by atoms with Crippen LogP contribution in [0.4, 0.5) is 5.69 Å². The third-order valence-corrected chi connectivity index (χ3v) is 4.00. The van der Waals surface area contributed by atoms with Crippen molar-refractivity contribution < 1.29 is 0 Å². The molecule has 0 aromatic carbocycles. The molecule has 1 heterocycles. The van der Waals surface area contributed by atoms with Crippen LogP contribution >= 0.6 is 23.2 Å². The predicted octanol–water partition coefficient (Wildman–Crippen LogP) is 3.78. The maximum absolute atomic E-state index is 5.93. The lowest BCUT2D eigenvalue weighted by atomic mass is 9.67. The molecule has 1 aliphatic carbocycles. The number of anilines is 1. The predicted molar refractivity (Wildman–Crippen MR) is 67.1 cm³/mol. The molecule has 0 amide bonds. The van der Waals surface area contributed by atoms with Gasteiger partial charge in [0.2, 0.25) is 0 Å². The van der Waals surface area contributed by atoms with Crippen molar-refractivity contribution in [2.45, 2.75) is 32.6 Å². The van der Waals surface area contributed by atoms with Gasteiger partial charge in [-0.2, -0.15) is 0 Å². The normalized spacial score (nSPS) is 17.9. The summed E-state index contributed by atoms with van der Waals surface area (Å²) in [7, 11) is 0. The van der Waals surface area contributed by atoms with E-state index in [0.29, 0.717) is 15.7 Å². The Hall–Kier alpha value is -0.540. The molecule has 0 spiro atoms. The van der Waals surface area contributed by atoms with E-state index < -0.39 is 0 Å². The minimum atomic E-state index is 0.367. The molecule has 0 atom stereocenters. The first-order chi connectivity index (χ1) is 7.65. The van der Waals surface area contributed by atoms with Gasteiger partial charge in [-0.25, -0.2) is 0 Å². The second-order valence-corrected chi connectivity index (χ2v) is 5.18. The van der Waals surface area contributed by atoms with Crippen LogP contribution in [0.5, 0.6) is 0 Å². The van der Waals surface area contributed by atoms with Gasteiger partial charge in [0.25, 0.3) is 0 Å². The van der Waals surface area contributed by atoms with Crippen LogP contribution in [0.3, 0.4) is 0 Å². The molecule has 1 aromatic rings. The summed E-state index contributed by atoms with van der Waals surface area (Å²) >= 11 is 11.7. The van der Waals surface area contributed by atoms with E-state index in [9.17, 15) is 0 Å². The van der Waals surface area contributed by atoms with Gasteiger partial charge in [0.05, 0.1) is 5.69 Å². The van der Waals surface area contributed by atoms with Crippen LogP contribution in [0.2, 0.25) is 10.3 Å². The molecule has 0 radical (unpaired) electrons. The van der Waals surface area contributed by atoms with Crippen molar-refractivity contribution in [3.8, 4) is 0 Å². The Balaban J connectivity index is 2.01. The highest BCUT2D eigenvalue weighted by Gasteiger charge is 2.34. The molecule has 5 heteroatoms. The number of nitrogens with zero attached hydrogens (tertiary/aromatic N) is 2. The minimum Gasteiger partial charge on any atom is -0.382 e. The van der Waals surface area contributed by atoms with Crippen molar-refractivity contribution in [1.29, 1.82) is 0 Å². The average Bonchev–Trinajstić information content (AvgIpc) is 2.22. The first-order valence-corrected chi connectivity index (χ1v) is 6.33. The number of aromatic nitrogens is 2. The summed E-state index contributed by atoms with van der Waals surface area (Å²) in [5.74, 6) is 0. The highest BCUT2D eigenvalue weighted by atomic mass is 35.5. The SMILES string of the molecule is CCC1(CNc2cc(Cl)nnc2Cl)CCC1. The summed E-state index contributed by atoms with van der Waals surface area (Å²) in [5, 5.41) is 11.5. The molecule has 88 valence electrons. The Kier molecular flexibility index (Phi) is 3.55. The monoisotopic (exact) mass is 259 g/mol.